The van der Waals surface area contributed by atoms with Gasteiger partial charge in [-0.05, 0) is 43.4 Å². The van der Waals surface area contributed by atoms with E-state index >= 15 is 0 Å². The molecule has 21 heavy (non-hydrogen) atoms. The van der Waals surface area contributed by atoms with Crippen molar-refractivity contribution < 1.29 is 0 Å². The van der Waals surface area contributed by atoms with Crippen LogP contribution in [0, 0.1) is 17.8 Å². The van der Waals surface area contributed by atoms with Gasteiger partial charge in [0, 0.05) is 31.7 Å². The second kappa shape index (κ2) is 5.44. The smallest absolute Gasteiger partial charge is 0.150 e. The molecular weight excluding hydrogens is 262 g/mol. The minimum atomic E-state index is 0.295. The molecule has 4 rings (SSSR count). The Kier molecular flexibility index (Phi) is 3.45. The molecule has 114 valence electrons. The second-order valence-corrected chi connectivity index (χ2v) is 7.11. The number of hydrogen-bond acceptors (Lipinski definition) is 5. The molecule has 3 N–H and O–H groups in total. The van der Waals surface area contributed by atoms with Crippen LogP contribution in [0.3, 0.4) is 0 Å². The fourth-order valence-electron chi connectivity index (χ4n) is 4.50. The summed E-state index contributed by atoms with van der Waals surface area (Å²) in [5, 5.41) is 11.9. The summed E-state index contributed by atoms with van der Waals surface area (Å²) in [5.41, 5.74) is 7.13. The van der Waals surface area contributed by atoms with Crippen LogP contribution in [0.1, 0.15) is 32.1 Å². The number of rotatable bonds is 4. The predicted molar refractivity (Wildman–Crippen MR) is 84.3 cm³/mol. The molecular formula is C16H25N5. The number of nitrogens with zero attached hydrogens (tertiary/aromatic N) is 3. The SMILES string of the molecule is NC1CCN(c2cnnc(NCC3CC4CCC3C4)c2)C1. The first kappa shape index (κ1) is 13.3. The van der Waals surface area contributed by atoms with Gasteiger partial charge in [0.2, 0.25) is 0 Å². The number of aromatic nitrogens is 2. The lowest BCUT2D eigenvalue weighted by Gasteiger charge is -2.22. The summed E-state index contributed by atoms with van der Waals surface area (Å²) in [6.45, 7) is 3.01. The standard InChI is InChI=1S/C16H25N5/c17-14-3-4-21(10-14)15-7-16(20-19-9-15)18-8-13-6-11-1-2-12(13)5-11/h7,9,11-14H,1-6,8,10,17H2,(H,18,20). The Labute approximate surface area is 126 Å². The van der Waals surface area contributed by atoms with Gasteiger partial charge in [0.25, 0.3) is 0 Å². The Hall–Kier alpha value is -1.36. The molecule has 1 aliphatic heterocycles. The molecule has 0 spiro atoms. The molecule has 3 aliphatic rings. The minimum Gasteiger partial charge on any atom is -0.369 e. The molecule has 5 nitrogen and oxygen atoms in total. The van der Waals surface area contributed by atoms with E-state index in [-0.39, 0.29) is 0 Å². The normalized spacial score (nSPS) is 34.6. The van der Waals surface area contributed by atoms with Crippen molar-refractivity contribution in [2.75, 3.05) is 29.9 Å². The number of nitrogens with one attached hydrogen (secondary N) is 1. The first-order valence-electron chi connectivity index (χ1n) is 8.35. The van der Waals surface area contributed by atoms with Gasteiger partial charge in [-0.15, -0.1) is 5.10 Å². The van der Waals surface area contributed by atoms with Crippen molar-refractivity contribution in [3.8, 4) is 0 Å². The van der Waals surface area contributed by atoms with Crippen molar-refractivity contribution in [2.45, 2.75) is 38.1 Å². The molecule has 1 aromatic heterocycles. The van der Waals surface area contributed by atoms with Gasteiger partial charge >= 0.3 is 0 Å². The zero-order chi connectivity index (χ0) is 14.2. The van der Waals surface area contributed by atoms with Gasteiger partial charge in [-0.2, -0.15) is 5.10 Å². The van der Waals surface area contributed by atoms with Crippen molar-refractivity contribution >= 4 is 11.5 Å². The molecule has 2 aliphatic carbocycles. The maximum Gasteiger partial charge on any atom is 0.150 e. The number of anilines is 2. The van der Waals surface area contributed by atoms with Crippen LogP contribution < -0.4 is 16.0 Å². The second-order valence-electron chi connectivity index (χ2n) is 7.11. The van der Waals surface area contributed by atoms with Crippen molar-refractivity contribution in [3.63, 3.8) is 0 Å². The Morgan fingerprint density at radius 3 is 2.95 bits per heavy atom. The van der Waals surface area contributed by atoms with Crippen molar-refractivity contribution in [2.24, 2.45) is 23.5 Å². The Morgan fingerprint density at radius 1 is 1.29 bits per heavy atom. The summed E-state index contributed by atoms with van der Waals surface area (Å²) in [7, 11) is 0. The van der Waals surface area contributed by atoms with E-state index in [4.69, 9.17) is 5.73 Å². The maximum absolute atomic E-state index is 5.98. The summed E-state index contributed by atoms with van der Waals surface area (Å²) in [6, 6.07) is 2.42. The van der Waals surface area contributed by atoms with E-state index in [1.165, 1.54) is 25.7 Å². The fourth-order valence-corrected chi connectivity index (χ4v) is 4.50. The van der Waals surface area contributed by atoms with E-state index < -0.39 is 0 Å². The zero-order valence-electron chi connectivity index (χ0n) is 12.5. The number of fused-ring (bicyclic) bond motifs is 2. The molecule has 4 unspecified atom stereocenters. The van der Waals surface area contributed by atoms with Crippen molar-refractivity contribution in [3.05, 3.63) is 12.3 Å². The van der Waals surface area contributed by atoms with E-state index in [2.05, 4.69) is 26.5 Å². The highest BCUT2D eigenvalue weighted by Crippen LogP contribution is 2.48. The molecule has 2 heterocycles. The van der Waals surface area contributed by atoms with Gasteiger partial charge < -0.3 is 16.0 Å². The van der Waals surface area contributed by atoms with Crippen LogP contribution in [0.5, 0.6) is 0 Å². The van der Waals surface area contributed by atoms with Gasteiger partial charge in [0.1, 0.15) is 0 Å². The van der Waals surface area contributed by atoms with Gasteiger partial charge in [0.05, 0.1) is 11.9 Å². The third-order valence-electron chi connectivity index (χ3n) is 5.66. The highest BCUT2D eigenvalue weighted by atomic mass is 15.2. The summed E-state index contributed by atoms with van der Waals surface area (Å²) < 4.78 is 0. The summed E-state index contributed by atoms with van der Waals surface area (Å²) in [4.78, 5) is 2.31. The lowest BCUT2D eigenvalue weighted by atomic mass is 9.89. The average molecular weight is 287 g/mol. The van der Waals surface area contributed by atoms with Crippen LogP contribution in [0.25, 0.3) is 0 Å². The summed E-state index contributed by atoms with van der Waals surface area (Å²) >= 11 is 0. The van der Waals surface area contributed by atoms with Crippen molar-refractivity contribution in [1.82, 2.24) is 10.2 Å². The van der Waals surface area contributed by atoms with Crippen LogP contribution in [0.4, 0.5) is 11.5 Å². The monoisotopic (exact) mass is 287 g/mol. The van der Waals surface area contributed by atoms with Crippen LogP contribution in [0.2, 0.25) is 0 Å². The molecule has 5 heteroatoms. The lowest BCUT2D eigenvalue weighted by molar-refractivity contribution is 0.348. The Balaban J connectivity index is 1.37. The molecule has 0 amide bonds. The summed E-state index contributed by atoms with van der Waals surface area (Å²) in [6.07, 6.45) is 8.69. The van der Waals surface area contributed by atoms with E-state index in [0.29, 0.717) is 6.04 Å². The molecule has 1 saturated heterocycles. The fraction of sp³-hybridized carbons (Fsp3) is 0.750. The van der Waals surface area contributed by atoms with E-state index in [9.17, 15) is 0 Å². The van der Waals surface area contributed by atoms with Gasteiger partial charge in [0.15, 0.2) is 5.82 Å². The van der Waals surface area contributed by atoms with Crippen LogP contribution in [0.15, 0.2) is 12.3 Å². The molecule has 0 radical (unpaired) electrons. The Bertz CT molecular complexity index is 505. The first-order chi connectivity index (χ1) is 10.3. The van der Waals surface area contributed by atoms with Crippen LogP contribution in [-0.4, -0.2) is 35.9 Å². The van der Waals surface area contributed by atoms with Crippen LogP contribution >= 0.6 is 0 Å². The third-order valence-corrected chi connectivity index (χ3v) is 5.66. The molecule has 2 saturated carbocycles. The molecule has 3 fully saturated rings. The maximum atomic E-state index is 5.98. The van der Waals surface area contributed by atoms with Gasteiger partial charge in [-0.25, -0.2) is 0 Å². The van der Waals surface area contributed by atoms with Crippen molar-refractivity contribution in [1.29, 1.82) is 0 Å². The lowest BCUT2D eigenvalue weighted by Crippen LogP contribution is -2.26. The molecule has 1 aromatic rings. The van der Waals surface area contributed by atoms with Gasteiger partial charge in [-0.1, -0.05) is 6.42 Å². The first-order valence-corrected chi connectivity index (χ1v) is 8.35. The molecule has 2 bridgehead atoms. The average Bonchev–Trinajstić information content (AvgIpc) is 3.21. The van der Waals surface area contributed by atoms with E-state index in [1.54, 1.807) is 0 Å². The largest absolute Gasteiger partial charge is 0.369 e. The Morgan fingerprint density at radius 2 is 2.24 bits per heavy atom. The van der Waals surface area contributed by atoms with E-state index in [0.717, 1.165) is 55.3 Å². The molecule has 4 atom stereocenters. The quantitative estimate of drug-likeness (QED) is 0.885. The highest BCUT2D eigenvalue weighted by Gasteiger charge is 2.39. The topological polar surface area (TPSA) is 67.1 Å². The third kappa shape index (κ3) is 2.71. The number of hydrogen-bond donors (Lipinski definition) is 2. The predicted octanol–water partition coefficient (Wildman–Crippen LogP) is 1.86. The highest BCUT2D eigenvalue weighted by molar-refractivity contribution is 5.52. The minimum absolute atomic E-state index is 0.295. The van der Waals surface area contributed by atoms with Gasteiger partial charge in [-0.3, -0.25) is 0 Å². The zero-order valence-corrected chi connectivity index (χ0v) is 12.5. The summed E-state index contributed by atoms with van der Waals surface area (Å²) in [5.74, 6) is 3.71. The van der Waals surface area contributed by atoms with Crippen LogP contribution in [-0.2, 0) is 0 Å². The molecule has 0 aromatic carbocycles. The van der Waals surface area contributed by atoms with E-state index in [1.807, 2.05) is 6.20 Å². The number of nitrogens with two attached hydrogens (primary N) is 1.